The zero-order chi connectivity index (χ0) is 20.1. The predicted octanol–water partition coefficient (Wildman–Crippen LogP) is 4.51. The van der Waals surface area contributed by atoms with Crippen LogP contribution in [0.4, 0.5) is 5.69 Å². The van der Waals surface area contributed by atoms with Gasteiger partial charge in [0, 0.05) is 18.2 Å². The minimum absolute atomic E-state index is 0.217. The van der Waals surface area contributed by atoms with Crippen LogP contribution >= 0.6 is 0 Å². The maximum Gasteiger partial charge on any atom is 0.255 e. The number of carbonyl (C=O) groups excluding carboxylic acids is 1. The number of aromatic amines is 1. The van der Waals surface area contributed by atoms with Gasteiger partial charge in [-0.2, -0.15) is 0 Å². The van der Waals surface area contributed by atoms with E-state index >= 15 is 0 Å². The van der Waals surface area contributed by atoms with Gasteiger partial charge in [0.15, 0.2) is 0 Å². The van der Waals surface area contributed by atoms with Crippen molar-refractivity contribution in [2.24, 2.45) is 0 Å². The Labute approximate surface area is 168 Å². The quantitative estimate of drug-likeness (QED) is 0.458. The second-order valence-corrected chi connectivity index (χ2v) is 6.47. The molecule has 2 N–H and O–H groups in total. The lowest BCUT2D eigenvalue weighted by Gasteiger charge is -2.11. The van der Waals surface area contributed by atoms with Crippen LogP contribution in [0.2, 0.25) is 0 Å². The van der Waals surface area contributed by atoms with Crippen LogP contribution < -0.4 is 10.1 Å². The van der Waals surface area contributed by atoms with Crippen LogP contribution in [0.1, 0.15) is 10.4 Å². The first-order valence-electron chi connectivity index (χ1n) is 9.32. The molecule has 0 saturated heterocycles. The number of rotatable bonds is 7. The molecule has 0 aliphatic carbocycles. The maximum atomic E-state index is 12.8. The number of H-pyrrole nitrogens is 1. The van der Waals surface area contributed by atoms with Crippen LogP contribution in [0, 0.1) is 0 Å². The van der Waals surface area contributed by atoms with E-state index < -0.39 is 0 Å². The van der Waals surface area contributed by atoms with Crippen LogP contribution in [0.5, 0.6) is 5.75 Å². The lowest BCUT2D eigenvalue weighted by Crippen LogP contribution is -2.13. The third-order valence-electron chi connectivity index (χ3n) is 4.47. The van der Waals surface area contributed by atoms with Crippen molar-refractivity contribution >= 4 is 22.6 Å². The Morgan fingerprint density at radius 3 is 2.69 bits per heavy atom. The minimum Gasteiger partial charge on any atom is -0.491 e. The van der Waals surface area contributed by atoms with E-state index in [0.717, 1.165) is 16.6 Å². The van der Waals surface area contributed by atoms with Gasteiger partial charge >= 0.3 is 0 Å². The third kappa shape index (κ3) is 4.28. The second kappa shape index (κ2) is 8.58. The molecular formula is C23H21N3O3. The van der Waals surface area contributed by atoms with Crippen molar-refractivity contribution in [2.75, 3.05) is 25.6 Å². The van der Waals surface area contributed by atoms with Gasteiger partial charge in [-0.25, -0.2) is 4.98 Å². The molecule has 0 aliphatic heterocycles. The molecule has 0 radical (unpaired) electrons. The number of para-hydroxylation sites is 3. The number of nitrogens with one attached hydrogen (secondary N) is 2. The van der Waals surface area contributed by atoms with Gasteiger partial charge in [0.05, 0.1) is 23.3 Å². The van der Waals surface area contributed by atoms with E-state index in [2.05, 4.69) is 15.3 Å². The van der Waals surface area contributed by atoms with Crippen LogP contribution in [-0.2, 0) is 4.74 Å². The first-order chi connectivity index (χ1) is 14.2. The number of imidazole rings is 1. The molecule has 1 amide bonds. The number of carbonyl (C=O) groups is 1. The molecule has 0 atom stereocenters. The number of nitrogens with zero attached hydrogens (tertiary/aromatic N) is 1. The van der Waals surface area contributed by atoms with Gasteiger partial charge in [-0.15, -0.1) is 0 Å². The molecule has 0 unspecified atom stereocenters. The van der Waals surface area contributed by atoms with E-state index in [1.54, 1.807) is 25.3 Å². The van der Waals surface area contributed by atoms with E-state index in [-0.39, 0.29) is 5.91 Å². The Morgan fingerprint density at radius 1 is 1.00 bits per heavy atom. The largest absolute Gasteiger partial charge is 0.491 e. The molecule has 4 aromatic rings. The highest BCUT2D eigenvalue weighted by atomic mass is 16.5. The molecule has 1 aromatic heterocycles. The predicted molar refractivity (Wildman–Crippen MR) is 113 cm³/mol. The number of methoxy groups -OCH3 is 1. The standard InChI is InChI=1S/C23H21N3O3/c1-28-13-14-29-17-8-6-7-16(15-17)23(27)26-19-10-3-2-9-18(19)22-24-20-11-4-5-12-21(20)25-22/h2-12,15H,13-14H2,1H3,(H,24,25)(H,26,27). The first-order valence-corrected chi connectivity index (χ1v) is 9.32. The van der Waals surface area contributed by atoms with Crippen molar-refractivity contribution in [1.29, 1.82) is 0 Å². The van der Waals surface area contributed by atoms with Crippen LogP contribution in [0.15, 0.2) is 72.8 Å². The average molecular weight is 387 g/mol. The fourth-order valence-electron chi connectivity index (χ4n) is 3.04. The summed E-state index contributed by atoms with van der Waals surface area (Å²) in [5.41, 5.74) is 3.85. The summed E-state index contributed by atoms with van der Waals surface area (Å²) in [5, 5.41) is 2.98. The van der Waals surface area contributed by atoms with Crippen molar-refractivity contribution in [3.63, 3.8) is 0 Å². The van der Waals surface area contributed by atoms with E-state index in [4.69, 9.17) is 9.47 Å². The summed E-state index contributed by atoms with van der Waals surface area (Å²) in [6, 6.07) is 22.5. The van der Waals surface area contributed by atoms with E-state index in [0.29, 0.717) is 36.0 Å². The van der Waals surface area contributed by atoms with Crippen molar-refractivity contribution in [3.05, 3.63) is 78.4 Å². The summed E-state index contributed by atoms with van der Waals surface area (Å²) in [4.78, 5) is 20.8. The van der Waals surface area contributed by atoms with Gasteiger partial charge in [0.25, 0.3) is 5.91 Å². The second-order valence-electron chi connectivity index (χ2n) is 6.47. The summed E-state index contributed by atoms with van der Waals surface area (Å²) >= 11 is 0. The first kappa shape index (κ1) is 18.7. The summed E-state index contributed by atoms with van der Waals surface area (Å²) in [6.45, 7) is 0.914. The normalized spacial score (nSPS) is 10.8. The zero-order valence-electron chi connectivity index (χ0n) is 16.0. The van der Waals surface area contributed by atoms with Crippen LogP contribution in [-0.4, -0.2) is 36.2 Å². The lowest BCUT2D eigenvalue weighted by atomic mass is 10.1. The van der Waals surface area contributed by atoms with E-state index in [1.807, 2.05) is 54.6 Å². The summed E-state index contributed by atoms with van der Waals surface area (Å²) in [6.07, 6.45) is 0. The number of amides is 1. The van der Waals surface area contributed by atoms with Crippen molar-refractivity contribution in [3.8, 4) is 17.1 Å². The monoisotopic (exact) mass is 387 g/mol. The number of hydrogen-bond acceptors (Lipinski definition) is 4. The number of hydrogen-bond donors (Lipinski definition) is 2. The van der Waals surface area contributed by atoms with Crippen LogP contribution in [0.25, 0.3) is 22.4 Å². The topological polar surface area (TPSA) is 76.2 Å². The van der Waals surface area contributed by atoms with Gasteiger partial charge in [-0.05, 0) is 42.5 Å². The highest BCUT2D eigenvalue weighted by Crippen LogP contribution is 2.28. The number of benzene rings is 3. The molecule has 146 valence electrons. The van der Waals surface area contributed by atoms with Crippen molar-refractivity contribution in [2.45, 2.75) is 0 Å². The number of anilines is 1. The van der Waals surface area contributed by atoms with Gasteiger partial charge in [-0.3, -0.25) is 4.79 Å². The molecule has 0 aliphatic rings. The molecule has 6 heteroatoms. The number of fused-ring (bicyclic) bond motifs is 1. The molecule has 0 spiro atoms. The minimum atomic E-state index is -0.217. The van der Waals surface area contributed by atoms with Crippen molar-refractivity contribution in [1.82, 2.24) is 9.97 Å². The SMILES string of the molecule is COCCOc1cccc(C(=O)Nc2ccccc2-c2nc3ccccc3[nH]2)c1. The Kier molecular flexibility index (Phi) is 5.54. The molecule has 0 saturated carbocycles. The average Bonchev–Trinajstić information content (AvgIpc) is 3.18. The summed E-state index contributed by atoms with van der Waals surface area (Å²) in [5.74, 6) is 1.12. The Morgan fingerprint density at radius 2 is 1.83 bits per heavy atom. The molecule has 6 nitrogen and oxygen atoms in total. The summed E-state index contributed by atoms with van der Waals surface area (Å²) < 4.78 is 10.6. The molecule has 0 bridgehead atoms. The smallest absolute Gasteiger partial charge is 0.255 e. The molecule has 3 aromatic carbocycles. The highest BCUT2D eigenvalue weighted by Gasteiger charge is 2.13. The maximum absolute atomic E-state index is 12.8. The third-order valence-corrected chi connectivity index (χ3v) is 4.47. The van der Waals surface area contributed by atoms with Gasteiger partial charge in [0.1, 0.15) is 18.2 Å². The van der Waals surface area contributed by atoms with E-state index in [9.17, 15) is 4.79 Å². The molecular weight excluding hydrogens is 366 g/mol. The molecule has 0 fully saturated rings. The van der Waals surface area contributed by atoms with Gasteiger partial charge < -0.3 is 19.8 Å². The Hall–Kier alpha value is -3.64. The van der Waals surface area contributed by atoms with Crippen LogP contribution in [0.3, 0.4) is 0 Å². The van der Waals surface area contributed by atoms with Gasteiger partial charge in [0.2, 0.25) is 0 Å². The van der Waals surface area contributed by atoms with Crippen molar-refractivity contribution < 1.29 is 14.3 Å². The fourth-order valence-corrected chi connectivity index (χ4v) is 3.04. The molecule has 4 rings (SSSR count). The number of aromatic nitrogens is 2. The lowest BCUT2D eigenvalue weighted by molar-refractivity contribution is 0.102. The fraction of sp³-hybridized carbons (Fsp3) is 0.130. The summed E-state index contributed by atoms with van der Waals surface area (Å²) in [7, 11) is 1.62. The highest BCUT2D eigenvalue weighted by molar-refractivity contribution is 6.06. The Balaban J connectivity index is 1.57. The van der Waals surface area contributed by atoms with E-state index in [1.165, 1.54) is 0 Å². The number of ether oxygens (including phenoxy) is 2. The molecule has 29 heavy (non-hydrogen) atoms. The molecule has 1 heterocycles. The van der Waals surface area contributed by atoms with Gasteiger partial charge in [-0.1, -0.05) is 30.3 Å². The Bertz CT molecular complexity index is 1100. The zero-order valence-corrected chi connectivity index (χ0v) is 16.0.